The van der Waals surface area contributed by atoms with Gasteiger partial charge in [0.05, 0.1) is 5.69 Å². The van der Waals surface area contributed by atoms with Crippen molar-refractivity contribution in [2.45, 2.75) is 52.0 Å². The average molecular weight is 379 g/mol. The molecule has 3 heterocycles. The Balaban J connectivity index is 1.66. The molecule has 148 valence electrons. The van der Waals surface area contributed by atoms with Gasteiger partial charge in [0.1, 0.15) is 5.65 Å². The van der Waals surface area contributed by atoms with Gasteiger partial charge in [-0.3, -0.25) is 9.39 Å². The molecule has 1 saturated heterocycles. The number of rotatable bonds is 4. The largest absolute Gasteiger partial charge is 0.342 e. The van der Waals surface area contributed by atoms with E-state index in [0.717, 1.165) is 54.4 Å². The van der Waals surface area contributed by atoms with Gasteiger partial charge in [0.15, 0.2) is 0 Å². The van der Waals surface area contributed by atoms with Gasteiger partial charge in [-0.2, -0.15) is 0 Å². The summed E-state index contributed by atoms with van der Waals surface area (Å²) in [5, 5.41) is 0. The first-order chi connectivity index (χ1) is 13.6. The molecule has 6 nitrogen and oxygen atoms in total. The van der Waals surface area contributed by atoms with E-state index in [4.69, 9.17) is 10.7 Å². The van der Waals surface area contributed by atoms with Gasteiger partial charge >= 0.3 is 0 Å². The highest BCUT2D eigenvalue weighted by Crippen LogP contribution is 2.46. The number of hydrogen-bond donors (Lipinski definition) is 1. The smallest absolute Gasteiger partial charge is 0.211 e. The van der Waals surface area contributed by atoms with Crippen molar-refractivity contribution in [3.05, 3.63) is 42.5 Å². The first-order valence-corrected chi connectivity index (χ1v) is 10.2. The lowest BCUT2D eigenvalue weighted by Crippen LogP contribution is -2.47. The Morgan fingerprint density at radius 1 is 1.36 bits per heavy atom. The van der Waals surface area contributed by atoms with Crippen LogP contribution in [0.4, 0.5) is 5.95 Å². The minimum Gasteiger partial charge on any atom is -0.342 e. The lowest BCUT2D eigenvalue weighted by atomic mass is 9.74. The van der Waals surface area contributed by atoms with Gasteiger partial charge in [-0.1, -0.05) is 13.0 Å². The lowest BCUT2D eigenvalue weighted by molar-refractivity contribution is 0.197. The molecule has 1 atom stereocenters. The zero-order valence-electron chi connectivity index (χ0n) is 16.9. The summed E-state index contributed by atoms with van der Waals surface area (Å²) in [5.41, 5.74) is 10.9. The second kappa shape index (κ2) is 7.51. The molecular formula is C22H30N6. The van der Waals surface area contributed by atoms with Gasteiger partial charge in [0.25, 0.3) is 0 Å². The number of aryl methyl sites for hydroxylation is 1. The van der Waals surface area contributed by atoms with Crippen molar-refractivity contribution in [2.24, 2.45) is 16.1 Å². The molecule has 6 heteroatoms. The van der Waals surface area contributed by atoms with Crippen molar-refractivity contribution < 1.29 is 0 Å². The highest BCUT2D eigenvalue weighted by Gasteiger charge is 2.43. The summed E-state index contributed by atoms with van der Waals surface area (Å²) in [6.07, 6.45) is 15.2. The molecule has 1 spiro atoms. The van der Waals surface area contributed by atoms with E-state index < -0.39 is 0 Å². The van der Waals surface area contributed by atoms with Crippen molar-refractivity contribution in [3.8, 4) is 0 Å². The molecule has 1 aliphatic carbocycles. The first-order valence-electron chi connectivity index (χ1n) is 10.2. The molecule has 0 radical (unpaired) electrons. The van der Waals surface area contributed by atoms with Crippen molar-refractivity contribution >= 4 is 23.4 Å². The van der Waals surface area contributed by atoms with Crippen molar-refractivity contribution in [1.82, 2.24) is 14.4 Å². The van der Waals surface area contributed by atoms with E-state index in [1.54, 1.807) is 6.21 Å². The second-order valence-corrected chi connectivity index (χ2v) is 8.17. The van der Waals surface area contributed by atoms with Crippen LogP contribution in [0.1, 0.15) is 50.3 Å². The van der Waals surface area contributed by atoms with E-state index in [1.807, 2.05) is 18.5 Å². The molecule has 2 aliphatic rings. The first kappa shape index (κ1) is 18.9. The molecule has 2 aromatic heterocycles. The summed E-state index contributed by atoms with van der Waals surface area (Å²) in [7, 11) is 0. The van der Waals surface area contributed by atoms with E-state index in [0.29, 0.717) is 11.5 Å². The number of anilines is 1. The minimum absolute atomic E-state index is 0.351. The van der Waals surface area contributed by atoms with Crippen LogP contribution in [0.5, 0.6) is 0 Å². The molecule has 0 amide bonds. The van der Waals surface area contributed by atoms with E-state index in [1.165, 1.54) is 25.5 Å². The Morgan fingerprint density at radius 2 is 2.14 bits per heavy atom. The number of aromatic nitrogens is 3. The predicted octanol–water partition coefficient (Wildman–Crippen LogP) is 3.75. The van der Waals surface area contributed by atoms with Crippen LogP contribution in [0.15, 0.2) is 36.2 Å². The lowest BCUT2D eigenvalue weighted by Gasteiger charge is -2.42. The fourth-order valence-corrected chi connectivity index (χ4v) is 4.99. The van der Waals surface area contributed by atoms with Gasteiger partial charge in [0.2, 0.25) is 5.95 Å². The molecule has 4 rings (SSSR count). The molecule has 0 bridgehead atoms. The van der Waals surface area contributed by atoms with Crippen LogP contribution in [0, 0.1) is 12.3 Å². The van der Waals surface area contributed by atoms with Crippen LogP contribution in [0.3, 0.4) is 0 Å². The van der Waals surface area contributed by atoms with E-state index >= 15 is 0 Å². The molecule has 0 aromatic carbocycles. The highest BCUT2D eigenvalue weighted by atomic mass is 15.3. The summed E-state index contributed by atoms with van der Waals surface area (Å²) >= 11 is 0. The summed E-state index contributed by atoms with van der Waals surface area (Å²) in [6, 6.07) is 0.366. The van der Waals surface area contributed by atoms with Crippen LogP contribution < -0.4 is 10.6 Å². The molecule has 1 aliphatic heterocycles. The number of hydrogen-bond acceptors (Lipinski definition) is 5. The number of aliphatic imine (C=N–C) groups is 1. The molecule has 28 heavy (non-hydrogen) atoms. The fourth-order valence-electron chi connectivity index (χ4n) is 4.99. The van der Waals surface area contributed by atoms with Gasteiger partial charge in [0, 0.05) is 49.5 Å². The van der Waals surface area contributed by atoms with Crippen LogP contribution in [0.2, 0.25) is 0 Å². The van der Waals surface area contributed by atoms with Gasteiger partial charge in [-0.05, 0) is 56.6 Å². The van der Waals surface area contributed by atoms with Crippen LogP contribution in [-0.4, -0.2) is 39.7 Å². The number of nitrogens with zero attached hydrogens (tertiary/aromatic N) is 5. The molecule has 2 N–H and O–H groups in total. The maximum Gasteiger partial charge on any atom is 0.211 e. The number of nitrogens with two attached hydrogens (primary N) is 1. The van der Waals surface area contributed by atoms with Gasteiger partial charge in [-0.25, -0.2) is 9.97 Å². The summed E-state index contributed by atoms with van der Waals surface area (Å²) in [6.45, 7) is 9.76. The quantitative estimate of drug-likeness (QED) is 0.823. The van der Waals surface area contributed by atoms with Crippen molar-refractivity contribution in [2.75, 3.05) is 18.0 Å². The maximum absolute atomic E-state index is 6.46. The van der Waals surface area contributed by atoms with Crippen molar-refractivity contribution in [1.29, 1.82) is 0 Å². The van der Waals surface area contributed by atoms with Gasteiger partial charge < -0.3 is 10.6 Å². The van der Waals surface area contributed by atoms with E-state index in [2.05, 4.69) is 39.7 Å². The Bertz CT molecular complexity index is 930. The number of piperidine rings is 1. The number of fused-ring (bicyclic) bond motifs is 1. The molecule has 0 unspecified atom stereocenters. The fraction of sp³-hybridized carbons (Fsp3) is 0.500. The minimum atomic E-state index is 0.351. The highest BCUT2D eigenvalue weighted by molar-refractivity contribution is 5.88. The molecule has 2 fully saturated rings. The van der Waals surface area contributed by atoms with Crippen LogP contribution in [-0.2, 0) is 0 Å². The van der Waals surface area contributed by atoms with E-state index in [9.17, 15) is 0 Å². The van der Waals surface area contributed by atoms with E-state index in [-0.39, 0.29) is 0 Å². The number of allylic oxidation sites excluding steroid dienone is 2. The Morgan fingerprint density at radius 3 is 2.82 bits per heavy atom. The Hall–Kier alpha value is -2.47. The van der Waals surface area contributed by atoms with Crippen LogP contribution >= 0.6 is 0 Å². The summed E-state index contributed by atoms with van der Waals surface area (Å²) in [4.78, 5) is 16.1. The predicted molar refractivity (Wildman–Crippen MR) is 116 cm³/mol. The molecular weight excluding hydrogens is 348 g/mol. The summed E-state index contributed by atoms with van der Waals surface area (Å²) < 4.78 is 2.12. The zero-order chi connectivity index (χ0) is 19.7. The third-order valence-corrected chi connectivity index (χ3v) is 6.64. The maximum atomic E-state index is 6.46. The third kappa shape index (κ3) is 3.15. The number of imidazole rings is 1. The Kier molecular flexibility index (Phi) is 5.06. The average Bonchev–Trinajstić information content (AvgIpc) is 3.30. The molecule has 1 saturated carbocycles. The Labute approximate surface area is 166 Å². The van der Waals surface area contributed by atoms with Gasteiger partial charge in [-0.15, -0.1) is 0 Å². The van der Waals surface area contributed by atoms with Crippen molar-refractivity contribution in [3.63, 3.8) is 0 Å². The topological polar surface area (TPSA) is 71.8 Å². The van der Waals surface area contributed by atoms with Crippen LogP contribution in [0.25, 0.3) is 11.2 Å². The standard InChI is InChI=1S/C22H30N6/c1-4-24-11-7-16(2)19-17(3)26-21(28-15-12-25-20(19)28)27-13-9-22(10-14-27)8-5-6-18(22)23/h4,7,11-12,15,18H,1,5-6,8-10,13-14,23H2,2-3H3/b16-7+,24-11-/t18-/m1/s1. The summed E-state index contributed by atoms with van der Waals surface area (Å²) in [5.74, 6) is 0.989. The monoisotopic (exact) mass is 378 g/mol. The molecule has 2 aromatic rings. The SMILES string of the molecule is C=C/N=C\C=C(/C)c1c(C)nc(N2CCC3(CCC[C@H]3N)CC2)n2ccnc12. The third-order valence-electron chi connectivity index (χ3n) is 6.64. The zero-order valence-corrected chi connectivity index (χ0v) is 16.9. The second-order valence-electron chi connectivity index (χ2n) is 8.17. The normalized spacial score (nSPS) is 22.6.